The van der Waals surface area contributed by atoms with Crippen LogP contribution >= 0.6 is 22.6 Å². The SMILES string of the molecule is Cc1c(C(=O)OCc2ccccc2)nc(C(=O)OCc2ccccc2)c(C(=O)OCc2ccccc2)c1I. The molecule has 0 aliphatic heterocycles. The van der Waals surface area contributed by atoms with Crippen molar-refractivity contribution >= 4 is 40.5 Å². The second kappa shape index (κ2) is 13.0. The van der Waals surface area contributed by atoms with Gasteiger partial charge in [-0.25, -0.2) is 19.4 Å². The molecule has 0 spiro atoms. The number of hydrogen-bond acceptors (Lipinski definition) is 7. The molecule has 0 saturated heterocycles. The van der Waals surface area contributed by atoms with Crippen molar-refractivity contribution in [3.63, 3.8) is 0 Å². The number of rotatable bonds is 9. The van der Waals surface area contributed by atoms with Crippen LogP contribution < -0.4 is 0 Å². The van der Waals surface area contributed by atoms with E-state index < -0.39 is 17.9 Å². The van der Waals surface area contributed by atoms with E-state index in [4.69, 9.17) is 14.2 Å². The van der Waals surface area contributed by atoms with Gasteiger partial charge in [-0.05, 0) is 51.8 Å². The molecule has 38 heavy (non-hydrogen) atoms. The zero-order valence-electron chi connectivity index (χ0n) is 20.6. The van der Waals surface area contributed by atoms with Gasteiger partial charge in [0.1, 0.15) is 25.4 Å². The lowest BCUT2D eigenvalue weighted by Crippen LogP contribution is -2.22. The van der Waals surface area contributed by atoms with Crippen LogP contribution in [0.2, 0.25) is 0 Å². The maximum Gasteiger partial charge on any atom is 0.358 e. The van der Waals surface area contributed by atoms with Crippen LogP contribution in [-0.4, -0.2) is 22.9 Å². The summed E-state index contributed by atoms with van der Waals surface area (Å²) in [4.78, 5) is 43.6. The highest BCUT2D eigenvalue weighted by molar-refractivity contribution is 14.1. The zero-order chi connectivity index (χ0) is 26.9. The molecule has 8 heteroatoms. The van der Waals surface area contributed by atoms with Crippen molar-refractivity contribution in [2.24, 2.45) is 0 Å². The molecule has 1 aromatic heterocycles. The normalized spacial score (nSPS) is 10.5. The molecule has 0 bridgehead atoms. The molecule has 1 heterocycles. The van der Waals surface area contributed by atoms with Crippen molar-refractivity contribution in [3.8, 4) is 0 Å². The third-order valence-corrected chi connectivity index (χ3v) is 6.94. The number of ether oxygens (including phenoxy) is 3. The van der Waals surface area contributed by atoms with E-state index in [-0.39, 0.29) is 36.8 Å². The van der Waals surface area contributed by atoms with Gasteiger partial charge in [0.2, 0.25) is 0 Å². The van der Waals surface area contributed by atoms with Crippen molar-refractivity contribution in [2.45, 2.75) is 26.7 Å². The van der Waals surface area contributed by atoms with Gasteiger partial charge in [-0.3, -0.25) is 0 Å². The van der Waals surface area contributed by atoms with Gasteiger partial charge in [-0.1, -0.05) is 91.0 Å². The highest BCUT2D eigenvalue weighted by Crippen LogP contribution is 2.25. The van der Waals surface area contributed by atoms with Crippen molar-refractivity contribution in [3.05, 3.63) is 134 Å². The minimum absolute atomic E-state index is 0.00811. The van der Waals surface area contributed by atoms with E-state index >= 15 is 0 Å². The summed E-state index contributed by atoms with van der Waals surface area (Å²) in [5, 5.41) is 0. The lowest BCUT2D eigenvalue weighted by Gasteiger charge is -2.15. The number of carbonyl (C=O) groups is 3. The van der Waals surface area contributed by atoms with Crippen LogP contribution in [0, 0.1) is 10.5 Å². The molecule has 4 aromatic rings. The number of nitrogens with zero attached hydrogens (tertiary/aromatic N) is 1. The quantitative estimate of drug-likeness (QED) is 0.127. The van der Waals surface area contributed by atoms with E-state index in [1.165, 1.54) is 0 Å². The fourth-order valence-electron chi connectivity index (χ4n) is 3.56. The first-order chi connectivity index (χ1) is 18.4. The second-order valence-electron chi connectivity index (χ2n) is 8.31. The fourth-order valence-corrected chi connectivity index (χ4v) is 4.29. The van der Waals surface area contributed by atoms with Gasteiger partial charge < -0.3 is 14.2 Å². The van der Waals surface area contributed by atoms with Crippen LogP contribution in [0.25, 0.3) is 0 Å². The number of pyridine rings is 1. The van der Waals surface area contributed by atoms with Gasteiger partial charge in [0, 0.05) is 3.57 Å². The third kappa shape index (κ3) is 6.83. The molecule has 0 fully saturated rings. The summed E-state index contributed by atoms with van der Waals surface area (Å²) in [5.41, 5.74) is 2.31. The van der Waals surface area contributed by atoms with E-state index in [0.717, 1.165) is 16.7 Å². The minimum Gasteiger partial charge on any atom is -0.457 e. The Labute approximate surface area is 233 Å². The standard InChI is InChI=1S/C30H24INO6/c1-20-25(31)24(28(33)36-17-21-11-5-2-6-12-21)27(30(35)38-19-23-15-9-4-10-16-23)32-26(20)29(34)37-18-22-13-7-3-8-14-22/h2-16H,17-19H2,1H3. The zero-order valence-corrected chi connectivity index (χ0v) is 22.7. The summed E-state index contributed by atoms with van der Waals surface area (Å²) >= 11 is 1.92. The Hall–Kier alpha value is -4.05. The van der Waals surface area contributed by atoms with Crippen molar-refractivity contribution < 1.29 is 28.6 Å². The van der Waals surface area contributed by atoms with Crippen LogP contribution in [0.3, 0.4) is 0 Å². The maximum atomic E-state index is 13.2. The third-order valence-electron chi connectivity index (χ3n) is 5.59. The van der Waals surface area contributed by atoms with E-state index in [2.05, 4.69) is 4.98 Å². The molecule has 7 nitrogen and oxygen atoms in total. The number of hydrogen-bond donors (Lipinski definition) is 0. The first-order valence-electron chi connectivity index (χ1n) is 11.8. The van der Waals surface area contributed by atoms with E-state index in [1.807, 2.05) is 101 Å². The molecule has 0 aliphatic carbocycles. The molecule has 0 amide bonds. The predicted molar refractivity (Wildman–Crippen MR) is 148 cm³/mol. The summed E-state index contributed by atoms with van der Waals surface area (Å²) in [6, 6.07) is 27.5. The van der Waals surface area contributed by atoms with Gasteiger partial charge >= 0.3 is 17.9 Å². The molecule has 0 saturated carbocycles. The summed E-state index contributed by atoms with van der Waals surface area (Å²) in [5.74, 6) is -2.31. The summed E-state index contributed by atoms with van der Waals surface area (Å²) in [6.07, 6.45) is 0. The summed E-state index contributed by atoms with van der Waals surface area (Å²) in [7, 11) is 0. The Balaban J connectivity index is 1.63. The van der Waals surface area contributed by atoms with Crippen molar-refractivity contribution in [1.82, 2.24) is 4.98 Å². The lowest BCUT2D eigenvalue weighted by molar-refractivity contribution is 0.0412. The van der Waals surface area contributed by atoms with Crippen LogP contribution in [0.4, 0.5) is 0 Å². The minimum atomic E-state index is -0.851. The van der Waals surface area contributed by atoms with Crippen LogP contribution in [0.15, 0.2) is 91.0 Å². The average molecular weight is 621 g/mol. The van der Waals surface area contributed by atoms with E-state index in [9.17, 15) is 14.4 Å². The molecule has 192 valence electrons. The Kier molecular flexibility index (Phi) is 9.21. The topological polar surface area (TPSA) is 91.8 Å². The highest BCUT2D eigenvalue weighted by Gasteiger charge is 2.30. The van der Waals surface area contributed by atoms with Gasteiger partial charge in [0.05, 0.1) is 0 Å². The first kappa shape index (κ1) is 27.0. The largest absolute Gasteiger partial charge is 0.457 e. The summed E-state index contributed by atoms with van der Waals surface area (Å²) in [6.45, 7) is 1.65. The second-order valence-corrected chi connectivity index (χ2v) is 9.39. The maximum absolute atomic E-state index is 13.2. The molecule has 3 aromatic carbocycles. The molecule has 0 atom stereocenters. The van der Waals surface area contributed by atoms with E-state index in [1.54, 1.807) is 19.1 Å². The van der Waals surface area contributed by atoms with E-state index in [0.29, 0.717) is 9.13 Å². The Morgan fingerprint density at radius 2 is 0.974 bits per heavy atom. The number of aromatic nitrogens is 1. The molecular formula is C30H24INO6. The van der Waals surface area contributed by atoms with Gasteiger partial charge in [0.25, 0.3) is 0 Å². The monoisotopic (exact) mass is 621 g/mol. The van der Waals surface area contributed by atoms with Gasteiger partial charge in [-0.15, -0.1) is 0 Å². The summed E-state index contributed by atoms with van der Waals surface area (Å²) < 4.78 is 16.8. The smallest absolute Gasteiger partial charge is 0.358 e. The number of halogens is 1. The molecule has 0 aliphatic rings. The highest BCUT2D eigenvalue weighted by atomic mass is 127. The van der Waals surface area contributed by atoms with Gasteiger partial charge in [0.15, 0.2) is 11.4 Å². The van der Waals surface area contributed by atoms with Gasteiger partial charge in [-0.2, -0.15) is 0 Å². The fraction of sp³-hybridized carbons (Fsp3) is 0.133. The average Bonchev–Trinajstić information content (AvgIpc) is 2.96. The Bertz CT molecular complexity index is 1430. The molecular weight excluding hydrogens is 597 g/mol. The van der Waals surface area contributed by atoms with Crippen molar-refractivity contribution in [1.29, 1.82) is 0 Å². The molecule has 4 rings (SSSR count). The Morgan fingerprint density at radius 1 is 0.605 bits per heavy atom. The Morgan fingerprint density at radius 3 is 1.39 bits per heavy atom. The first-order valence-corrected chi connectivity index (χ1v) is 12.8. The lowest BCUT2D eigenvalue weighted by atomic mass is 10.1. The van der Waals surface area contributed by atoms with Crippen molar-refractivity contribution in [2.75, 3.05) is 0 Å². The number of benzene rings is 3. The molecule has 0 radical (unpaired) electrons. The molecule has 0 unspecified atom stereocenters. The predicted octanol–water partition coefficient (Wildman–Crippen LogP) is 6.07. The number of carbonyl (C=O) groups excluding carboxylic acids is 3. The molecule has 0 N–H and O–H groups in total. The number of esters is 3. The van der Waals surface area contributed by atoms with Crippen LogP contribution in [0.1, 0.15) is 53.6 Å². The van der Waals surface area contributed by atoms with Crippen LogP contribution in [0.5, 0.6) is 0 Å². The van der Waals surface area contributed by atoms with Crippen LogP contribution in [-0.2, 0) is 34.0 Å².